The standard InChI is InChI=1S/C15H11FN2O2/c1-20-15(19)11-5-6-13-8-17-14(18(13)9-11)10-3-2-4-12(16)7-10/h2-9H,1H3. The lowest BCUT2D eigenvalue weighted by Gasteiger charge is -2.04. The Hall–Kier alpha value is -2.69. The van der Waals surface area contributed by atoms with E-state index in [9.17, 15) is 9.18 Å². The first-order valence-electron chi connectivity index (χ1n) is 6.00. The van der Waals surface area contributed by atoms with Gasteiger partial charge in [0.2, 0.25) is 0 Å². The average Bonchev–Trinajstić information content (AvgIpc) is 2.89. The highest BCUT2D eigenvalue weighted by Crippen LogP contribution is 2.21. The molecule has 0 aliphatic carbocycles. The molecule has 0 fully saturated rings. The van der Waals surface area contributed by atoms with Gasteiger partial charge in [0.05, 0.1) is 24.4 Å². The quantitative estimate of drug-likeness (QED) is 0.672. The maximum absolute atomic E-state index is 13.3. The number of benzene rings is 1. The Morgan fingerprint density at radius 1 is 1.30 bits per heavy atom. The molecule has 0 aliphatic heterocycles. The van der Waals surface area contributed by atoms with Gasteiger partial charge in [-0.1, -0.05) is 12.1 Å². The third-order valence-electron chi connectivity index (χ3n) is 3.03. The summed E-state index contributed by atoms with van der Waals surface area (Å²) in [5.74, 6) is -0.181. The highest BCUT2D eigenvalue weighted by atomic mass is 19.1. The van der Waals surface area contributed by atoms with E-state index >= 15 is 0 Å². The van der Waals surface area contributed by atoms with Crippen LogP contribution < -0.4 is 0 Å². The molecule has 0 spiro atoms. The van der Waals surface area contributed by atoms with Crippen LogP contribution in [0.3, 0.4) is 0 Å². The lowest BCUT2D eigenvalue weighted by atomic mass is 10.2. The Morgan fingerprint density at radius 3 is 2.90 bits per heavy atom. The lowest BCUT2D eigenvalue weighted by molar-refractivity contribution is 0.0600. The van der Waals surface area contributed by atoms with Crippen LogP contribution in [0, 0.1) is 5.82 Å². The third kappa shape index (κ3) is 2.03. The van der Waals surface area contributed by atoms with E-state index in [1.807, 2.05) is 0 Å². The van der Waals surface area contributed by atoms with Crippen molar-refractivity contribution in [3.63, 3.8) is 0 Å². The number of hydrogen-bond acceptors (Lipinski definition) is 3. The van der Waals surface area contributed by atoms with Gasteiger partial charge in [-0.2, -0.15) is 0 Å². The van der Waals surface area contributed by atoms with E-state index in [2.05, 4.69) is 4.98 Å². The summed E-state index contributed by atoms with van der Waals surface area (Å²) in [6.07, 6.45) is 3.30. The maximum atomic E-state index is 13.3. The smallest absolute Gasteiger partial charge is 0.339 e. The lowest BCUT2D eigenvalue weighted by Crippen LogP contribution is -2.03. The highest BCUT2D eigenvalue weighted by Gasteiger charge is 2.11. The molecule has 0 saturated carbocycles. The van der Waals surface area contributed by atoms with Crippen LogP contribution >= 0.6 is 0 Å². The molecule has 0 unspecified atom stereocenters. The van der Waals surface area contributed by atoms with Gasteiger partial charge >= 0.3 is 5.97 Å². The van der Waals surface area contributed by atoms with Crippen LogP contribution in [0.15, 0.2) is 48.8 Å². The molecular formula is C15H11FN2O2. The Bertz CT molecular complexity index is 795. The van der Waals surface area contributed by atoms with Gasteiger partial charge in [-0.3, -0.25) is 4.40 Å². The molecule has 3 aromatic rings. The van der Waals surface area contributed by atoms with Crippen molar-refractivity contribution in [3.8, 4) is 11.4 Å². The SMILES string of the molecule is COC(=O)c1ccc2cnc(-c3cccc(F)c3)n2c1. The summed E-state index contributed by atoms with van der Waals surface area (Å²) in [5.41, 5.74) is 1.87. The summed E-state index contributed by atoms with van der Waals surface area (Å²) in [5, 5.41) is 0. The van der Waals surface area contributed by atoms with Gasteiger partial charge < -0.3 is 4.74 Å². The van der Waals surface area contributed by atoms with Crippen LogP contribution in [0.2, 0.25) is 0 Å². The fourth-order valence-corrected chi connectivity index (χ4v) is 2.07. The first-order chi connectivity index (χ1) is 9.69. The molecule has 0 amide bonds. The number of carbonyl (C=O) groups is 1. The molecule has 0 bridgehead atoms. The predicted octanol–water partition coefficient (Wildman–Crippen LogP) is 2.93. The van der Waals surface area contributed by atoms with Crippen molar-refractivity contribution in [1.82, 2.24) is 9.38 Å². The number of fused-ring (bicyclic) bond motifs is 1. The second-order valence-corrected chi connectivity index (χ2v) is 4.30. The molecule has 1 aromatic carbocycles. The molecular weight excluding hydrogens is 259 g/mol. The second-order valence-electron chi connectivity index (χ2n) is 4.30. The van der Waals surface area contributed by atoms with Gasteiger partial charge in [0.25, 0.3) is 0 Å². The van der Waals surface area contributed by atoms with E-state index in [0.29, 0.717) is 17.0 Å². The van der Waals surface area contributed by atoms with E-state index in [1.54, 1.807) is 41.1 Å². The van der Waals surface area contributed by atoms with Crippen molar-refractivity contribution >= 4 is 11.5 Å². The number of imidazole rings is 1. The summed E-state index contributed by atoms with van der Waals surface area (Å²) in [6, 6.07) is 9.59. The second kappa shape index (κ2) is 4.77. The summed E-state index contributed by atoms with van der Waals surface area (Å²) >= 11 is 0. The van der Waals surface area contributed by atoms with Crippen molar-refractivity contribution in [2.75, 3.05) is 7.11 Å². The first kappa shape index (κ1) is 12.3. The monoisotopic (exact) mass is 270 g/mol. The zero-order valence-corrected chi connectivity index (χ0v) is 10.7. The van der Waals surface area contributed by atoms with E-state index < -0.39 is 5.97 Å². The number of hydrogen-bond donors (Lipinski definition) is 0. The number of rotatable bonds is 2. The average molecular weight is 270 g/mol. The van der Waals surface area contributed by atoms with E-state index in [-0.39, 0.29) is 5.82 Å². The Balaban J connectivity index is 2.19. The molecule has 0 N–H and O–H groups in total. The van der Waals surface area contributed by atoms with Gasteiger partial charge in [-0.25, -0.2) is 14.2 Å². The normalized spacial score (nSPS) is 10.7. The highest BCUT2D eigenvalue weighted by molar-refractivity contribution is 5.89. The third-order valence-corrected chi connectivity index (χ3v) is 3.03. The van der Waals surface area contributed by atoms with Crippen LogP contribution in [-0.2, 0) is 4.74 Å². The number of methoxy groups -OCH3 is 1. The molecule has 0 radical (unpaired) electrons. The minimum Gasteiger partial charge on any atom is -0.465 e. The van der Waals surface area contributed by atoms with Crippen LogP contribution in [0.5, 0.6) is 0 Å². The molecule has 20 heavy (non-hydrogen) atoms. The fourth-order valence-electron chi connectivity index (χ4n) is 2.07. The number of nitrogens with zero attached hydrogens (tertiary/aromatic N) is 2. The summed E-state index contributed by atoms with van der Waals surface area (Å²) < 4.78 is 19.7. The molecule has 0 atom stereocenters. The number of halogens is 1. The molecule has 5 heteroatoms. The number of carbonyl (C=O) groups excluding carboxylic acids is 1. The minimum absolute atomic E-state index is 0.330. The Kier molecular flexibility index (Phi) is 2.95. The summed E-state index contributed by atoms with van der Waals surface area (Å²) in [7, 11) is 1.33. The molecule has 4 nitrogen and oxygen atoms in total. The van der Waals surface area contributed by atoms with Gasteiger partial charge in [-0.15, -0.1) is 0 Å². The molecule has 100 valence electrons. The van der Waals surface area contributed by atoms with Gasteiger partial charge in [0, 0.05) is 11.8 Å². The fraction of sp³-hybridized carbons (Fsp3) is 0.0667. The molecule has 3 rings (SSSR count). The van der Waals surface area contributed by atoms with Gasteiger partial charge in [0.15, 0.2) is 0 Å². The minimum atomic E-state index is -0.425. The molecule has 0 saturated heterocycles. The predicted molar refractivity (Wildman–Crippen MR) is 71.9 cm³/mol. The largest absolute Gasteiger partial charge is 0.465 e. The van der Waals surface area contributed by atoms with Crippen molar-refractivity contribution in [2.45, 2.75) is 0 Å². The number of pyridine rings is 1. The molecule has 2 heterocycles. The number of aromatic nitrogens is 2. The molecule has 2 aromatic heterocycles. The van der Waals surface area contributed by atoms with Crippen molar-refractivity contribution in [3.05, 3.63) is 60.2 Å². The van der Waals surface area contributed by atoms with Crippen molar-refractivity contribution in [1.29, 1.82) is 0 Å². The van der Waals surface area contributed by atoms with E-state index in [1.165, 1.54) is 19.2 Å². The summed E-state index contributed by atoms with van der Waals surface area (Å²) in [4.78, 5) is 15.8. The number of esters is 1. The zero-order chi connectivity index (χ0) is 14.1. The first-order valence-corrected chi connectivity index (χ1v) is 6.00. The Labute approximate surface area is 114 Å². The topological polar surface area (TPSA) is 43.6 Å². The van der Waals surface area contributed by atoms with Gasteiger partial charge in [0.1, 0.15) is 11.6 Å². The van der Waals surface area contributed by atoms with Crippen molar-refractivity contribution in [2.24, 2.45) is 0 Å². The molecule has 0 aliphatic rings. The summed E-state index contributed by atoms with van der Waals surface area (Å²) in [6.45, 7) is 0. The Morgan fingerprint density at radius 2 is 2.15 bits per heavy atom. The van der Waals surface area contributed by atoms with Crippen LogP contribution in [-0.4, -0.2) is 22.5 Å². The van der Waals surface area contributed by atoms with E-state index in [4.69, 9.17) is 4.74 Å². The van der Waals surface area contributed by atoms with Crippen LogP contribution in [0.4, 0.5) is 4.39 Å². The van der Waals surface area contributed by atoms with Crippen LogP contribution in [0.1, 0.15) is 10.4 Å². The van der Waals surface area contributed by atoms with Gasteiger partial charge in [-0.05, 0) is 24.3 Å². The van der Waals surface area contributed by atoms with Crippen molar-refractivity contribution < 1.29 is 13.9 Å². The zero-order valence-electron chi connectivity index (χ0n) is 10.7. The van der Waals surface area contributed by atoms with E-state index in [0.717, 1.165) is 5.52 Å². The van der Waals surface area contributed by atoms with Crippen LogP contribution in [0.25, 0.3) is 16.9 Å². The maximum Gasteiger partial charge on any atom is 0.339 e. The number of ether oxygens (including phenoxy) is 1.